The number of aromatic nitrogens is 1. The summed E-state index contributed by atoms with van der Waals surface area (Å²) >= 11 is 0. The Morgan fingerprint density at radius 2 is 2.00 bits per heavy atom. The topological polar surface area (TPSA) is 40.3 Å². The number of aromatic amines is 1. The molecule has 4 nitrogen and oxygen atoms in total. The second-order valence-corrected chi connectivity index (χ2v) is 7.88. The first-order chi connectivity index (χ1) is 13.0. The number of ether oxygens (including phenoxy) is 1. The molecule has 4 heteroatoms. The van der Waals surface area contributed by atoms with Gasteiger partial charge in [-0.15, -0.1) is 0 Å². The van der Waals surface area contributed by atoms with Gasteiger partial charge in [-0.25, -0.2) is 0 Å². The molecular formula is C23H29N3O. The molecule has 0 spiro atoms. The van der Waals surface area contributed by atoms with Gasteiger partial charge in [0.05, 0.1) is 6.04 Å². The Morgan fingerprint density at radius 1 is 1.15 bits per heavy atom. The van der Waals surface area contributed by atoms with Gasteiger partial charge in [0.15, 0.2) is 0 Å². The van der Waals surface area contributed by atoms with Gasteiger partial charge >= 0.3 is 0 Å². The lowest BCUT2D eigenvalue weighted by Crippen LogP contribution is -2.30. The summed E-state index contributed by atoms with van der Waals surface area (Å²) in [6, 6.07) is 13.2. The molecule has 0 saturated heterocycles. The summed E-state index contributed by atoms with van der Waals surface area (Å²) in [6.45, 7) is 6.99. The van der Waals surface area contributed by atoms with Crippen molar-refractivity contribution in [2.45, 2.75) is 26.3 Å². The maximum Gasteiger partial charge on any atom is 0.119 e. The van der Waals surface area contributed by atoms with Gasteiger partial charge in [0, 0.05) is 29.7 Å². The molecule has 142 valence electrons. The highest BCUT2D eigenvalue weighted by atomic mass is 16.5. The average Bonchev–Trinajstić information content (AvgIpc) is 3.00. The minimum Gasteiger partial charge on any atom is -0.492 e. The van der Waals surface area contributed by atoms with Crippen molar-refractivity contribution in [3.05, 3.63) is 64.3 Å². The predicted molar refractivity (Wildman–Crippen MR) is 112 cm³/mol. The molecule has 1 aromatic heterocycles. The third-order valence-corrected chi connectivity index (χ3v) is 5.39. The Hall–Kier alpha value is -2.30. The van der Waals surface area contributed by atoms with Crippen LogP contribution in [0.2, 0.25) is 0 Å². The molecule has 0 bridgehead atoms. The van der Waals surface area contributed by atoms with Gasteiger partial charge in [-0.3, -0.25) is 0 Å². The van der Waals surface area contributed by atoms with Crippen molar-refractivity contribution in [3.8, 4) is 5.75 Å². The minimum absolute atomic E-state index is 0.179. The fraction of sp³-hybridized carbons (Fsp3) is 0.391. The number of rotatable bonds is 5. The highest BCUT2D eigenvalue weighted by Crippen LogP contribution is 2.36. The number of hydrogen-bond donors (Lipinski definition) is 2. The lowest BCUT2D eigenvalue weighted by atomic mass is 9.93. The fourth-order valence-corrected chi connectivity index (χ4v) is 4.19. The summed E-state index contributed by atoms with van der Waals surface area (Å²) in [5.74, 6) is 0.936. The number of likely N-dealkylation sites (N-methyl/N-ethyl adjacent to an activating group) is 1. The number of nitrogens with zero attached hydrogens (tertiary/aromatic N) is 1. The molecule has 27 heavy (non-hydrogen) atoms. The molecule has 0 amide bonds. The van der Waals surface area contributed by atoms with Gasteiger partial charge in [0.2, 0.25) is 0 Å². The van der Waals surface area contributed by atoms with Crippen molar-refractivity contribution < 1.29 is 4.74 Å². The van der Waals surface area contributed by atoms with E-state index in [1.807, 2.05) is 6.07 Å². The van der Waals surface area contributed by atoms with Crippen molar-refractivity contribution in [1.29, 1.82) is 0 Å². The lowest BCUT2D eigenvalue weighted by Gasteiger charge is -2.25. The van der Waals surface area contributed by atoms with Crippen molar-refractivity contribution in [2.24, 2.45) is 0 Å². The molecule has 2 N–H and O–H groups in total. The quantitative estimate of drug-likeness (QED) is 0.721. The number of benzene rings is 2. The van der Waals surface area contributed by atoms with Crippen LogP contribution in [-0.4, -0.2) is 43.7 Å². The smallest absolute Gasteiger partial charge is 0.119 e. The summed E-state index contributed by atoms with van der Waals surface area (Å²) in [4.78, 5) is 5.85. The Balaban J connectivity index is 1.68. The standard InChI is InChI=1S/C23H29N3O/c1-15-12-16(2)21-19-8-9-24-22(23(19)25-20(21)13-15)17-6-5-7-18(14-17)27-11-10-26(3)4/h5-7,12-14,22,24-25H,8-11H2,1-4H3. The molecule has 1 aliphatic heterocycles. The summed E-state index contributed by atoms with van der Waals surface area (Å²) in [7, 11) is 4.12. The molecule has 1 unspecified atom stereocenters. The van der Waals surface area contributed by atoms with E-state index >= 15 is 0 Å². The van der Waals surface area contributed by atoms with Crippen molar-refractivity contribution in [2.75, 3.05) is 33.8 Å². The van der Waals surface area contributed by atoms with Crippen LogP contribution < -0.4 is 10.1 Å². The maximum atomic E-state index is 5.95. The van der Waals surface area contributed by atoms with Crippen molar-refractivity contribution >= 4 is 10.9 Å². The second-order valence-electron chi connectivity index (χ2n) is 7.88. The largest absolute Gasteiger partial charge is 0.492 e. The highest BCUT2D eigenvalue weighted by Gasteiger charge is 2.26. The first kappa shape index (κ1) is 18.1. The second kappa shape index (κ2) is 7.37. The predicted octanol–water partition coefficient (Wildman–Crippen LogP) is 3.96. The van der Waals surface area contributed by atoms with E-state index in [0.29, 0.717) is 6.61 Å². The van der Waals surface area contributed by atoms with Crippen LogP contribution in [0.3, 0.4) is 0 Å². The molecule has 0 saturated carbocycles. The van der Waals surface area contributed by atoms with Gasteiger partial charge in [0.25, 0.3) is 0 Å². The SMILES string of the molecule is Cc1cc(C)c2c3c([nH]c2c1)C(c1cccc(OCCN(C)C)c1)NCC3. The maximum absolute atomic E-state index is 5.95. The Morgan fingerprint density at radius 3 is 2.81 bits per heavy atom. The van der Waals surface area contributed by atoms with Crippen LogP contribution in [-0.2, 0) is 6.42 Å². The van der Waals surface area contributed by atoms with Crippen LogP contribution in [0.5, 0.6) is 5.75 Å². The van der Waals surface area contributed by atoms with Crippen LogP contribution in [0.4, 0.5) is 0 Å². The highest BCUT2D eigenvalue weighted by molar-refractivity contribution is 5.89. The zero-order valence-corrected chi connectivity index (χ0v) is 16.7. The summed E-state index contributed by atoms with van der Waals surface area (Å²) in [5.41, 5.74) is 7.94. The number of nitrogens with one attached hydrogen (secondary N) is 2. The van der Waals surface area contributed by atoms with Gasteiger partial charge in [-0.1, -0.05) is 18.2 Å². The Bertz CT molecular complexity index is 958. The van der Waals surface area contributed by atoms with Gasteiger partial charge in [0.1, 0.15) is 12.4 Å². The van der Waals surface area contributed by atoms with Crippen LogP contribution in [0.15, 0.2) is 36.4 Å². The summed E-state index contributed by atoms with van der Waals surface area (Å²) < 4.78 is 5.95. The van der Waals surface area contributed by atoms with E-state index < -0.39 is 0 Å². The molecular weight excluding hydrogens is 334 g/mol. The van der Waals surface area contributed by atoms with E-state index in [0.717, 1.165) is 25.3 Å². The van der Waals surface area contributed by atoms with E-state index in [1.54, 1.807) is 0 Å². The molecule has 2 heterocycles. The first-order valence-corrected chi connectivity index (χ1v) is 9.75. The molecule has 0 fully saturated rings. The van der Waals surface area contributed by atoms with Crippen molar-refractivity contribution in [3.63, 3.8) is 0 Å². The first-order valence-electron chi connectivity index (χ1n) is 9.75. The van der Waals surface area contributed by atoms with Crippen LogP contribution in [0.25, 0.3) is 10.9 Å². The van der Waals surface area contributed by atoms with Gasteiger partial charge in [-0.2, -0.15) is 0 Å². The van der Waals surface area contributed by atoms with E-state index in [1.165, 1.54) is 38.9 Å². The zero-order valence-electron chi connectivity index (χ0n) is 16.7. The lowest BCUT2D eigenvalue weighted by molar-refractivity contribution is 0.261. The third-order valence-electron chi connectivity index (χ3n) is 5.39. The minimum atomic E-state index is 0.179. The Labute approximate surface area is 161 Å². The number of fused-ring (bicyclic) bond motifs is 3. The Kier molecular flexibility index (Phi) is 4.94. The molecule has 1 atom stereocenters. The molecule has 0 radical (unpaired) electrons. The monoisotopic (exact) mass is 363 g/mol. The molecule has 4 rings (SSSR count). The van der Waals surface area contributed by atoms with Crippen LogP contribution >= 0.6 is 0 Å². The fourth-order valence-electron chi connectivity index (χ4n) is 4.19. The van der Waals surface area contributed by atoms with Crippen molar-refractivity contribution in [1.82, 2.24) is 15.2 Å². The number of aryl methyl sites for hydroxylation is 2. The van der Waals surface area contributed by atoms with E-state index in [2.05, 4.69) is 73.5 Å². The third kappa shape index (κ3) is 3.60. The van der Waals surface area contributed by atoms with Gasteiger partial charge < -0.3 is 19.9 Å². The van der Waals surface area contributed by atoms with Gasteiger partial charge in [-0.05, 0) is 74.8 Å². The molecule has 0 aliphatic carbocycles. The van der Waals surface area contributed by atoms with E-state index in [-0.39, 0.29) is 6.04 Å². The molecule has 2 aromatic carbocycles. The molecule has 1 aliphatic rings. The van der Waals surface area contributed by atoms with Crippen LogP contribution in [0, 0.1) is 13.8 Å². The van der Waals surface area contributed by atoms with Crippen LogP contribution in [0.1, 0.15) is 34.0 Å². The molecule has 3 aromatic rings. The average molecular weight is 364 g/mol. The number of hydrogen-bond acceptors (Lipinski definition) is 3. The van der Waals surface area contributed by atoms with E-state index in [9.17, 15) is 0 Å². The summed E-state index contributed by atoms with van der Waals surface area (Å²) in [6.07, 6.45) is 1.06. The number of H-pyrrole nitrogens is 1. The normalized spacial score (nSPS) is 16.7. The van der Waals surface area contributed by atoms with E-state index in [4.69, 9.17) is 4.74 Å². The summed E-state index contributed by atoms with van der Waals surface area (Å²) in [5, 5.41) is 5.10. The zero-order chi connectivity index (χ0) is 19.0.